The van der Waals surface area contributed by atoms with E-state index in [0.29, 0.717) is 12.0 Å². The summed E-state index contributed by atoms with van der Waals surface area (Å²) in [4.78, 5) is 0. The van der Waals surface area contributed by atoms with E-state index in [9.17, 15) is 0 Å². The molecule has 1 spiro atoms. The lowest BCUT2D eigenvalue weighted by molar-refractivity contribution is -0.166. The number of para-hydroxylation sites is 1. The summed E-state index contributed by atoms with van der Waals surface area (Å²) in [6.07, 6.45) is 1.34. The van der Waals surface area contributed by atoms with Crippen LogP contribution in [0.2, 0.25) is 0 Å². The zero-order valence-electron chi connectivity index (χ0n) is 11.1. The number of ether oxygens (including phenoxy) is 2. The highest BCUT2D eigenvalue weighted by Gasteiger charge is 2.47. The Balaban J connectivity index is 2.03. The fourth-order valence-corrected chi connectivity index (χ4v) is 3.03. The Morgan fingerprint density at radius 2 is 2.22 bits per heavy atom. The first-order valence-corrected chi connectivity index (χ1v) is 6.87. The second-order valence-electron chi connectivity index (χ2n) is 5.38. The predicted molar refractivity (Wildman–Crippen MR) is 70.8 cm³/mol. The zero-order valence-corrected chi connectivity index (χ0v) is 11.1. The van der Waals surface area contributed by atoms with Crippen molar-refractivity contribution < 1.29 is 9.47 Å². The number of rotatable bonds is 1. The molecule has 0 aliphatic carbocycles. The fraction of sp³-hybridized carbons (Fsp3) is 0.600. The van der Waals surface area contributed by atoms with Gasteiger partial charge in [0.1, 0.15) is 11.4 Å². The van der Waals surface area contributed by atoms with Gasteiger partial charge in [-0.05, 0) is 12.5 Å². The molecular weight excluding hydrogens is 226 g/mol. The van der Waals surface area contributed by atoms with E-state index in [0.717, 1.165) is 31.9 Å². The van der Waals surface area contributed by atoms with Crippen molar-refractivity contribution in [3.63, 3.8) is 0 Å². The van der Waals surface area contributed by atoms with Crippen LogP contribution >= 0.6 is 0 Å². The van der Waals surface area contributed by atoms with Gasteiger partial charge in [-0.1, -0.05) is 32.0 Å². The molecule has 0 aromatic heterocycles. The van der Waals surface area contributed by atoms with E-state index in [1.54, 1.807) is 0 Å². The number of benzene rings is 1. The maximum Gasteiger partial charge on any atom is 0.125 e. The third-order valence-corrected chi connectivity index (χ3v) is 4.22. The van der Waals surface area contributed by atoms with Crippen LogP contribution in [0.1, 0.15) is 25.8 Å². The van der Waals surface area contributed by atoms with E-state index in [1.165, 1.54) is 5.56 Å². The Hall–Kier alpha value is -1.06. The molecule has 3 nitrogen and oxygen atoms in total. The molecule has 0 amide bonds. The van der Waals surface area contributed by atoms with Crippen molar-refractivity contribution in [3.8, 4) is 5.75 Å². The quantitative estimate of drug-likeness (QED) is 0.826. The minimum atomic E-state index is -0.215. The van der Waals surface area contributed by atoms with Gasteiger partial charge in [-0.15, -0.1) is 0 Å². The summed E-state index contributed by atoms with van der Waals surface area (Å²) in [5.41, 5.74) is 0.989. The van der Waals surface area contributed by atoms with Crippen molar-refractivity contribution in [1.29, 1.82) is 0 Å². The average molecular weight is 247 g/mol. The molecule has 2 aliphatic rings. The van der Waals surface area contributed by atoms with Gasteiger partial charge in [-0.25, -0.2) is 0 Å². The minimum absolute atomic E-state index is 0.215. The molecule has 2 heterocycles. The summed E-state index contributed by atoms with van der Waals surface area (Å²) >= 11 is 0. The first kappa shape index (κ1) is 12.0. The van der Waals surface area contributed by atoms with E-state index in [4.69, 9.17) is 9.47 Å². The second kappa shape index (κ2) is 4.56. The van der Waals surface area contributed by atoms with Gasteiger partial charge in [0, 0.05) is 24.6 Å². The van der Waals surface area contributed by atoms with Crippen LogP contribution in [0.25, 0.3) is 0 Å². The van der Waals surface area contributed by atoms with Crippen LogP contribution < -0.4 is 10.1 Å². The summed E-state index contributed by atoms with van der Waals surface area (Å²) < 4.78 is 12.3. The van der Waals surface area contributed by atoms with Crippen molar-refractivity contribution in [2.45, 2.75) is 32.0 Å². The monoisotopic (exact) mass is 247 g/mol. The lowest BCUT2D eigenvalue weighted by Crippen LogP contribution is -2.57. The highest BCUT2D eigenvalue weighted by Crippen LogP contribution is 2.44. The second-order valence-corrected chi connectivity index (χ2v) is 5.38. The van der Waals surface area contributed by atoms with E-state index in [1.807, 2.05) is 12.1 Å². The van der Waals surface area contributed by atoms with Crippen LogP contribution in [0.5, 0.6) is 5.75 Å². The Labute approximate surface area is 108 Å². The van der Waals surface area contributed by atoms with Gasteiger partial charge in [0.15, 0.2) is 0 Å². The Morgan fingerprint density at radius 3 is 3.06 bits per heavy atom. The normalized spacial score (nSPS) is 35.0. The first-order valence-electron chi connectivity index (χ1n) is 6.87. The third-order valence-electron chi connectivity index (χ3n) is 4.22. The van der Waals surface area contributed by atoms with Crippen LogP contribution in [-0.2, 0) is 10.3 Å². The zero-order chi connectivity index (χ0) is 12.6. The molecule has 98 valence electrons. The SMILES string of the molecule is CCC1CNCC2(O1)c1ccccc1OCC2C. The fourth-order valence-electron chi connectivity index (χ4n) is 3.03. The topological polar surface area (TPSA) is 30.5 Å². The van der Waals surface area contributed by atoms with Crippen LogP contribution in [0, 0.1) is 5.92 Å². The molecule has 1 aromatic carbocycles. The van der Waals surface area contributed by atoms with Gasteiger partial charge in [-0.3, -0.25) is 0 Å². The number of morpholine rings is 1. The average Bonchev–Trinajstić information content (AvgIpc) is 2.44. The molecule has 0 saturated carbocycles. The largest absolute Gasteiger partial charge is 0.493 e. The standard InChI is InChI=1S/C15H21NO2/c1-3-12-8-16-10-15(18-12)11(2)9-17-14-7-5-4-6-13(14)15/h4-7,11-12,16H,3,8-10H2,1-2H3. The molecule has 2 aliphatic heterocycles. The number of hydrogen-bond donors (Lipinski definition) is 1. The molecule has 1 aromatic rings. The molecule has 0 radical (unpaired) electrons. The predicted octanol–water partition coefficient (Wildman–Crippen LogP) is 2.31. The van der Waals surface area contributed by atoms with Crippen molar-refractivity contribution in [1.82, 2.24) is 5.32 Å². The molecular formula is C15H21NO2. The Bertz CT molecular complexity index is 434. The highest BCUT2D eigenvalue weighted by molar-refractivity contribution is 5.41. The maximum absolute atomic E-state index is 6.46. The molecule has 3 atom stereocenters. The number of nitrogens with one attached hydrogen (secondary N) is 1. The molecule has 1 N–H and O–H groups in total. The van der Waals surface area contributed by atoms with Crippen molar-refractivity contribution in [2.24, 2.45) is 5.92 Å². The molecule has 3 heteroatoms. The summed E-state index contributed by atoms with van der Waals surface area (Å²) in [5, 5.41) is 3.54. The summed E-state index contributed by atoms with van der Waals surface area (Å²) in [7, 11) is 0. The van der Waals surface area contributed by atoms with Gasteiger partial charge >= 0.3 is 0 Å². The molecule has 3 unspecified atom stereocenters. The van der Waals surface area contributed by atoms with Gasteiger partial charge in [-0.2, -0.15) is 0 Å². The van der Waals surface area contributed by atoms with Crippen LogP contribution in [0.3, 0.4) is 0 Å². The van der Waals surface area contributed by atoms with Crippen LogP contribution in [0.4, 0.5) is 0 Å². The molecule has 1 fully saturated rings. The molecule has 18 heavy (non-hydrogen) atoms. The summed E-state index contributed by atoms with van der Waals surface area (Å²) in [6.45, 7) is 6.96. The van der Waals surface area contributed by atoms with Gasteiger partial charge in [0.05, 0.1) is 12.7 Å². The van der Waals surface area contributed by atoms with E-state index >= 15 is 0 Å². The third kappa shape index (κ3) is 1.73. The van der Waals surface area contributed by atoms with E-state index in [-0.39, 0.29) is 5.60 Å². The van der Waals surface area contributed by atoms with Crippen molar-refractivity contribution in [3.05, 3.63) is 29.8 Å². The van der Waals surface area contributed by atoms with Crippen LogP contribution in [-0.4, -0.2) is 25.8 Å². The van der Waals surface area contributed by atoms with Crippen LogP contribution in [0.15, 0.2) is 24.3 Å². The van der Waals surface area contributed by atoms with Gasteiger partial charge < -0.3 is 14.8 Å². The molecule has 0 bridgehead atoms. The van der Waals surface area contributed by atoms with E-state index < -0.39 is 0 Å². The first-order chi connectivity index (χ1) is 8.76. The summed E-state index contributed by atoms with van der Waals surface area (Å²) in [6, 6.07) is 8.28. The minimum Gasteiger partial charge on any atom is -0.493 e. The summed E-state index contributed by atoms with van der Waals surface area (Å²) in [5.74, 6) is 1.35. The highest BCUT2D eigenvalue weighted by atomic mass is 16.5. The smallest absolute Gasteiger partial charge is 0.125 e. The Morgan fingerprint density at radius 1 is 1.39 bits per heavy atom. The van der Waals surface area contributed by atoms with Crippen molar-refractivity contribution in [2.75, 3.05) is 19.7 Å². The molecule has 3 rings (SSSR count). The van der Waals surface area contributed by atoms with Crippen molar-refractivity contribution >= 4 is 0 Å². The van der Waals surface area contributed by atoms with Gasteiger partial charge in [0.2, 0.25) is 0 Å². The van der Waals surface area contributed by atoms with Gasteiger partial charge in [0.25, 0.3) is 0 Å². The maximum atomic E-state index is 6.46. The number of hydrogen-bond acceptors (Lipinski definition) is 3. The lowest BCUT2D eigenvalue weighted by atomic mass is 9.79. The lowest BCUT2D eigenvalue weighted by Gasteiger charge is -2.48. The Kier molecular flexibility index (Phi) is 3.04. The van der Waals surface area contributed by atoms with E-state index in [2.05, 4.69) is 31.3 Å². The number of fused-ring (bicyclic) bond motifs is 2. The molecule has 1 saturated heterocycles.